The zero-order chi connectivity index (χ0) is 11.6. The van der Waals surface area contributed by atoms with Crippen LogP contribution in [0.3, 0.4) is 0 Å². The van der Waals surface area contributed by atoms with E-state index in [9.17, 15) is 22.0 Å². The number of alkyl halides is 2. The molecule has 0 unspecified atom stereocenters. The highest BCUT2D eigenvalue weighted by Crippen LogP contribution is 2.40. The van der Waals surface area contributed by atoms with Crippen LogP contribution in [0.5, 0.6) is 0 Å². The number of halogens is 5. The van der Waals surface area contributed by atoms with Crippen LogP contribution in [0.15, 0.2) is 12.1 Å². The minimum absolute atomic E-state index is 0.375. The van der Waals surface area contributed by atoms with E-state index in [-0.39, 0.29) is 0 Å². The second kappa shape index (κ2) is 4.06. The van der Waals surface area contributed by atoms with Crippen molar-refractivity contribution >= 4 is 11.8 Å². The summed E-state index contributed by atoms with van der Waals surface area (Å²) in [5.74, 6) is -5.53. The fourth-order valence-electron chi connectivity index (χ4n) is 0.863. The minimum atomic E-state index is -3.91. The monoisotopic (exact) mass is 239 g/mol. The van der Waals surface area contributed by atoms with Gasteiger partial charge in [-0.25, -0.2) is 13.2 Å². The maximum absolute atomic E-state index is 12.9. The van der Waals surface area contributed by atoms with Gasteiger partial charge in [0, 0.05) is 11.8 Å². The molecule has 1 nitrogen and oxygen atoms in total. The van der Waals surface area contributed by atoms with Crippen LogP contribution in [0.25, 0.3) is 0 Å². The summed E-state index contributed by atoms with van der Waals surface area (Å²) in [6.07, 6.45) is 0. The quantitative estimate of drug-likeness (QED) is 0.449. The Hall–Kier alpha value is -1.29. The van der Waals surface area contributed by atoms with Gasteiger partial charge >= 0.3 is 5.25 Å². The van der Waals surface area contributed by atoms with E-state index in [0.717, 1.165) is 5.40 Å². The van der Waals surface area contributed by atoms with Gasteiger partial charge in [-0.3, -0.25) is 0 Å². The van der Waals surface area contributed by atoms with Crippen LogP contribution in [-0.2, 0) is 5.25 Å². The minimum Gasteiger partial charge on any atom is -0.204 e. The van der Waals surface area contributed by atoms with Crippen molar-refractivity contribution in [2.75, 3.05) is 0 Å². The lowest BCUT2D eigenvalue weighted by molar-refractivity contribution is 0.100. The summed E-state index contributed by atoms with van der Waals surface area (Å²) < 4.78 is 63.7. The average Bonchev–Trinajstić information content (AvgIpc) is 2.13. The van der Waals surface area contributed by atoms with Gasteiger partial charge in [0.15, 0.2) is 17.5 Å². The van der Waals surface area contributed by atoms with E-state index in [1.807, 2.05) is 0 Å². The van der Waals surface area contributed by atoms with Crippen LogP contribution in [0, 0.1) is 28.1 Å². The highest BCUT2D eigenvalue weighted by molar-refractivity contribution is 8.04. The van der Waals surface area contributed by atoms with E-state index < -0.39 is 40.0 Å². The first-order valence-corrected chi connectivity index (χ1v) is 4.30. The van der Waals surface area contributed by atoms with Gasteiger partial charge in [-0.05, 0) is 12.1 Å². The molecule has 7 heteroatoms. The first-order valence-electron chi connectivity index (χ1n) is 3.49. The van der Waals surface area contributed by atoms with Gasteiger partial charge in [0.1, 0.15) is 5.40 Å². The number of hydrogen-bond donors (Lipinski definition) is 0. The van der Waals surface area contributed by atoms with Crippen LogP contribution < -0.4 is 0 Å². The van der Waals surface area contributed by atoms with Crippen molar-refractivity contribution in [3.8, 4) is 5.40 Å². The molecule has 15 heavy (non-hydrogen) atoms. The Kier molecular flexibility index (Phi) is 3.19. The molecule has 80 valence electrons. The Bertz CT molecular complexity index is 426. The second-order valence-electron chi connectivity index (χ2n) is 2.43. The lowest BCUT2D eigenvalue weighted by Gasteiger charge is -2.12. The van der Waals surface area contributed by atoms with E-state index in [1.54, 1.807) is 0 Å². The van der Waals surface area contributed by atoms with Gasteiger partial charge in [0.2, 0.25) is 0 Å². The smallest absolute Gasteiger partial charge is 0.204 e. The number of hydrogen-bond acceptors (Lipinski definition) is 2. The van der Waals surface area contributed by atoms with Gasteiger partial charge < -0.3 is 0 Å². The Morgan fingerprint density at radius 3 is 2.27 bits per heavy atom. The van der Waals surface area contributed by atoms with Crippen LogP contribution in [0.2, 0.25) is 0 Å². The third-order valence-electron chi connectivity index (χ3n) is 1.52. The predicted molar refractivity (Wildman–Crippen MR) is 43.4 cm³/mol. The predicted octanol–water partition coefficient (Wildman–Crippen LogP) is 3.37. The van der Waals surface area contributed by atoms with E-state index >= 15 is 0 Å². The molecule has 0 saturated carbocycles. The molecule has 1 rings (SSSR count). The van der Waals surface area contributed by atoms with Gasteiger partial charge in [-0.1, -0.05) is 0 Å². The maximum atomic E-state index is 12.9. The molecule has 0 bridgehead atoms. The molecule has 0 aliphatic rings. The highest BCUT2D eigenvalue weighted by atomic mass is 32.2. The SMILES string of the molecule is N#CSC(F)(F)c1ccc(F)c(F)c1F. The summed E-state index contributed by atoms with van der Waals surface area (Å²) in [6.45, 7) is 0. The molecule has 0 amide bonds. The van der Waals surface area contributed by atoms with Crippen LogP contribution >= 0.6 is 11.8 Å². The Morgan fingerprint density at radius 2 is 1.73 bits per heavy atom. The lowest BCUT2D eigenvalue weighted by Crippen LogP contribution is -2.11. The van der Waals surface area contributed by atoms with E-state index in [0.29, 0.717) is 12.1 Å². The van der Waals surface area contributed by atoms with Crippen LogP contribution in [0.1, 0.15) is 5.56 Å². The summed E-state index contributed by atoms with van der Waals surface area (Å²) in [7, 11) is 0. The molecular formula is C8H2F5NS. The molecule has 0 aliphatic carbocycles. The van der Waals surface area contributed by atoms with Crippen molar-refractivity contribution in [3.63, 3.8) is 0 Å². The van der Waals surface area contributed by atoms with Crippen molar-refractivity contribution in [1.82, 2.24) is 0 Å². The van der Waals surface area contributed by atoms with Crippen LogP contribution in [-0.4, -0.2) is 0 Å². The molecule has 0 aromatic heterocycles. The molecule has 0 atom stereocenters. The van der Waals surface area contributed by atoms with E-state index in [2.05, 4.69) is 0 Å². The topological polar surface area (TPSA) is 23.8 Å². The number of nitriles is 1. The first kappa shape index (κ1) is 11.8. The third-order valence-corrected chi connectivity index (χ3v) is 2.09. The van der Waals surface area contributed by atoms with Gasteiger partial charge in [-0.15, -0.1) is 0 Å². The zero-order valence-electron chi connectivity index (χ0n) is 6.90. The molecule has 1 aromatic rings. The zero-order valence-corrected chi connectivity index (χ0v) is 7.72. The van der Waals surface area contributed by atoms with E-state index in [1.165, 1.54) is 0 Å². The third kappa shape index (κ3) is 2.21. The molecule has 1 aromatic carbocycles. The first-order chi connectivity index (χ1) is 6.90. The normalized spacial score (nSPS) is 11.2. The fourth-order valence-corrected chi connectivity index (χ4v) is 1.25. The molecule has 0 radical (unpaired) electrons. The Balaban J connectivity index is 3.28. The van der Waals surface area contributed by atoms with Gasteiger partial charge in [0.25, 0.3) is 0 Å². The maximum Gasteiger partial charge on any atom is 0.335 e. The van der Waals surface area contributed by atoms with Gasteiger partial charge in [-0.2, -0.15) is 14.0 Å². The number of nitrogens with zero attached hydrogens (tertiary/aromatic N) is 1. The largest absolute Gasteiger partial charge is 0.335 e. The summed E-state index contributed by atoms with van der Waals surface area (Å²) >= 11 is -0.541. The van der Waals surface area contributed by atoms with Crippen molar-refractivity contribution in [2.45, 2.75) is 5.25 Å². The van der Waals surface area contributed by atoms with Crippen molar-refractivity contribution in [1.29, 1.82) is 5.26 Å². The van der Waals surface area contributed by atoms with E-state index in [4.69, 9.17) is 5.26 Å². The molecule has 0 saturated heterocycles. The molecule has 0 N–H and O–H groups in total. The average molecular weight is 239 g/mol. The molecule has 0 heterocycles. The lowest BCUT2D eigenvalue weighted by atomic mass is 10.2. The molecular weight excluding hydrogens is 237 g/mol. The summed E-state index contributed by atoms with van der Waals surface area (Å²) in [4.78, 5) is 0. The fraction of sp³-hybridized carbons (Fsp3) is 0.125. The van der Waals surface area contributed by atoms with Crippen molar-refractivity contribution in [2.24, 2.45) is 0 Å². The second-order valence-corrected chi connectivity index (χ2v) is 3.33. The van der Waals surface area contributed by atoms with Crippen molar-refractivity contribution in [3.05, 3.63) is 35.1 Å². The summed E-state index contributed by atoms with van der Waals surface area (Å²) in [5.41, 5.74) is -1.35. The number of rotatable bonds is 2. The standard InChI is InChI=1S/C8H2F5NS/c9-5-2-1-4(6(10)7(5)11)8(12,13)15-3-14/h1-2H. The Labute approximate surface area is 85.5 Å². The summed E-state index contributed by atoms with van der Waals surface area (Å²) in [6, 6.07) is 0.775. The summed E-state index contributed by atoms with van der Waals surface area (Å²) in [5, 5.41) is 5.16. The van der Waals surface area contributed by atoms with Gasteiger partial charge in [0.05, 0.1) is 5.56 Å². The number of thioether (sulfide) groups is 1. The molecule has 0 spiro atoms. The number of thiocyanates is 1. The van der Waals surface area contributed by atoms with Crippen molar-refractivity contribution < 1.29 is 22.0 Å². The number of benzene rings is 1. The van der Waals surface area contributed by atoms with Crippen LogP contribution in [0.4, 0.5) is 22.0 Å². The highest BCUT2D eigenvalue weighted by Gasteiger charge is 2.37. The molecule has 0 fully saturated rings. The Morgan fingerprint density at radius 1 is 1.13 bits per heavy atom. The molecule has 0 aliphatic heterocycles.